The quantitative estimate of drug-likeness (QED) is 0.511. The Morgan fingerprint density at radius 1 is 1.26 bits per heavy atom. The van der Waals surface area contributed by atoms with E-state index in [-0.39, 0.29) is 11.7 Å². The molecule has 3 rings (SSSR count). The van der Waals surface area contributed by atoms with Crippen molar-refractivity contribution in [2.24, 2.45) is 0 Å². The van der Waals surface area contributed by atoms with E-state index in [9.17, 15) is 4.79 Å². The van der Waals surface area contributed by atoms with Gasteiger partial charge in [0.15, 0.2) is 15.6 Å². The van der Waals surface area contributed by atoms with E-state index in [1.54, 1.807) is 0 Å². The van der Waals surface area contributed by atoms with Crippen LogP contribution in [0.5, 0.6) is 0 Å². The molecular weight excluding hydrogens is 428 g/mol. The fourth-order valence-electron chi connectivity index (χ4n) is 2.71. The maximum atomic E-state index is 12.4. The van der Waals surface area contributed by atoms with Crippen molar-refractivity contribution >= 4 is 39.3 Å². The number of carbonyl (C=O) groups excluding carboxylic acids is 1. The topological polar surface area (TPSA) is 73.0 Å². The first-order valence-corrected chi connectivity index (χ1v) is 10.4. The third-order valence-corrected chi connectivity index (χ3v) is 5.34. The van der Waals surface area contributed by atoms with E-state index >= 15 is 0 Å². The number of rotatable bonds is 7. The highest BCUT2D eigenvalue weighted by Crippen LogP contribution is 2.27. The zero-order chi connectivity index (χ0) is 19.4. The molecule has 0 radical (unpaired) electrons. The Kier molecular flexibility index (Phi) is 6.38. The number of nitrogens with zero attached hydrogens (tertiary/aromatic N) is 3. The lowest BCUT2D eigenvalue weighted by atomic mass is 10.1. The van der Waals surface area contributed by atoms with E-state index in [1.807, 2.05) is 42.7 Å². The second kappa shape index (κ2) is 8.75. The van der Waals surface area contributed by atoms with Crippen LogP contribution in [0.4, 0.5) is 5.69 Å². The average Bonchev–Trinajstić information content (AvgIpc) is 3.22. The number of halogens is 1. The number of aromatic nitrogens is 3. The van der Waals surface area contributed by atoms with Gasteiger partial charge >= 0.3 is 0 Å². The van der Waals surface area contributed by atoms with Gasteiger partial charge in [0.1, 0.15) is 0 Å². The largest absolute Gasteiger partial charge is 0.446 e. The van der Waals surface area contributed by atoms with Gasteiger partial charge in [-0.2, -0.15) is 0 Å². The summed E-state index contributed by atoms with van der Waals surface area (Å²) in [7, 11) is 0. The first-order valence-electron chi connectivity index (χ1n) is 8.66. The van der Waals surface area contributed by atoms with Crippen molar-refractivity contribution in [3.63, 3.8) is 0 Å². The minimum Gasteiger partial charge on any atom is -0.446 e. The Balaban J connectivity index is 1.70. The Hall–Kier alpha value is -2.06. The summed E-state index contributed by atoms with van der Waals surface area (Å²) in [6, 6.07) is 9.64. The van der Waals surface area contributed by atoms with E-state index in [1.165, 1.54) is 17.3 Å². The van der Waals surface area contributed by atoms with Gasteiger partial charge in [0.05, 0.1) is 5.75 Å². The third kappa shape index (κ3) is 4.81. The Morgan fingerprint density at radius 2 is 2.07 bits per heavy atom. The van der Waals surface area contributed by atoms with Crippen molar-refractivity contribution in [1.29, 1.82) is 0 Å². The molecule has 2 heterocycles. The summed E-state index contributed by atoms with van der Waals surface area (Å²) in [4.78, 5) is 12.4. The fraction of sp³-hybridized carbons (Fsp3) is 0.316. The van der Waals surface area contributed by atoms with Gasteiger partial charge in [0.25, 0.3) is 0 Å². The number of hydrogen-bond acceptors (Lipinski definition) is 5. The molecule has 1 aromatic carbocycles. The molecule has 0 fully saturated rings. The number of benzene rings is 1. The molecule has 0 aliphatic carbocycles. The molecule has 142 valence electrons. The minimum atomic E-state index is -0.0692. The van der Waals surface area contributed by atoms with E-state index in [0.29, 0.717) is 21.4 Å². The van der Waals surface area contributed by atoms with Crippen molar-refractivity contribution in [1.82, 2.24) is 14.8 Å². The zero-order valence-corrected chi connectivity index (χ0v) is 17.9. The maximum Gasteiger partial charge on any atom is 0.234 e. The molecule has 0 saturated heterocycles. The monoisotopic (exact) mass is 448 g/mol. The van der Waals surface area contributed by atoms with E-state index in [2.05, 4.69) is 44.4 Å². The molecule has 0 aliphatic heterocycles. The van der Waals surface area contributed by atoms with Gasteiger partial charge < -0.3 is 9.73 Å². The summed E-state index contributed by atoms with van der Waals surface area (Å²) in [5, 5.41) is 12.2. The van der Waals surface area contributed by atoms with Crippen LogP contribution >= 0.6 is 27.7 Å². The van der Waals surface area contributed by atoms with E-state index in [0.717, 1.165) is 24.2 Å². The predicted molar refractivity (Wildman–Crippen MR) is 111 cm³/mol. The highest BCUT2D eigenvalue weighted by molar-refractivity contribution is 9.10. The second-order valence-corrected chi connectivity index (χ2v) is 7.94. The van der Waals surface area contributed by atoms with Crippen LogP contribution in [0.25, 0.3) is 11.6 Å². The van der Waals surface area contributed by atoms with Crippen LogP contribution in [0.2, 0.25) is 0 Å². The number of furan rings is 1. The smallest absolute Gasteiger partial charge is 0.234 e. The lowest BCUT2D eigenvalue weighted by molar-refractivity contribution is -0.113. The molecule has 0 saturated carbocycles. The lowest BCUT2D eigenvalue weighted by Crippen LogP contribution is -2.15. The van der Waals surface area contributed by atoms with Crippen LogP contribution in [-0.2, 0) is 11.3 Å². The number of carbonyl (C=O) groups is 1. The summed E-state index contributed by atoms with van der Waals surface area (Å²) in [6.07, 6.45) is 0.926. The molecule has 3 aromatic rings. The van der Waals surface area contributed by atoms with Crippen LogP contribution in [0, 0.1) is 13.8 Å². The molecule has 1 amide bonds. The van der Waals surface area contributed by atoms with Crippen molar-refractivity contribution in [3.8, 4) is 11.6 Å². The summed E-state index contributed by atoms with van der Waals surface area (Å²) < 4.78 is 8.23. The maximum absolute atomic E-state index is 12.4. The van der Waals surface area contributed by atoms with Crippen LogP contribution < -0.4 is 5.32 Å². The van der Waals surface area contributed by atoms with Gasteiger partial charge in [0, 0.05) is 12.2 Å². The summed E-state index contributed by atoms with van der Waals surface area (Å²) >= 11 is 4.68. The lowest BCUT2D eigenvalue weighted by Gasteiger charge is -2.10. The van der Waals surface area contributed by atoms with Crippen molar-refractivity contribution in [3.05, 3.63) is 46.1 Å². The standard InChI is InChI=1S/C19H21BrN4O2S/c1-4-9-24-18(15-7-8-16(20)26-15)22-23-19(24)27-11-17(25)21-14-6-5-12(2)10-13(14)3/h5-8,10H,4,9,11H2,1-3H3,(H,21,25). The molecule has 1 N–H and O–H groups in total. The van der Waals surface area contributed by atoms with Crippen LogP contribution in [0.3, 0.4) is 0 Å². The van der Waals surface area contributed by atoms with E-state index in [4.69, 9.17) is 4.42 Å². The van der Waals surface area contributed by atoms with Crippen LogP contribution in [-0.4, -0.2) is 26.4 Å². The average molecular weight is 449 g/mol. The number of thioether (sulfide) groups is 1. The number of hydrogen-bond donors (Lipinski definition) is 1. The van der Waals surface area contributed by atoms with E-state index < -0.39 is 0 Å². The molecule has 0 bridgehead atoms. The first kappa shape index (κ1) is 19.7. The first-order chi connectivity index (χ1) is 13.0. The molecule has 2 aromatic heterocycles. The van der Waals surface area contributed by atoms with Gasteiger partial charge in [-0.3, -0.25) is 9.36 Å². The zero-order valence-electron chi connectivity index (χ0n) is 15.5. The molecular formula is C19H21BrN4O2S. The molecule has 0 aliphatic rings. The normalized spacial score (nSPS) is 11.0. The van der Waals surface area contributed by atoms with Crippen molar-refractivity contribution < 1.29 is 9.21 Å². The SMILES string of the molecule is CCCn1c(SCC(=O)Nc2ccc(C)cc2C)nnc1-c1ccc(Br)o1. The second-order valence-electron chi connectivity index (χ2n) is 6.22. The number of nitrogens with one attached hydrogen (secondary N) is 1. The molecule has 8 heteroatoms. The Bertz CT molecular complexity index is 951. The fourth-order valence-corrected chi connectivity index (χ4v) is 3.78. The molecule has 0 unspecified atom stereocenters. The van der Waals surface area contributed by atoms with Gasteiger partial charge in [-0.05, 0) is 60.0 Å². The number of amides is 1. The van der Waals surface area contributed by atoms with Gasteiger partial charge in [-0.15, -0.1) is 10.2 Å². The van der Waals surface area contributed by atoms with Crippen molar-refractivity contribution in [2.75, 3.05) is 11.1 Å². The third-order valence-electron chi connectivity index (χ3n) is 3.95. The summed E-state index contributed by atoms with van der Waals surface area (Å²) in [6.45, 7) is 6.86. The number of anilines is 1. The number of aryl methyl sites for hydroxylation is 2. The van der Waals surface area contributed by atoms with Gasteiger partial charge in [0.2, 0.25) is 11.7 Å². The summed E-state index contributed by atoms with van der Waals surface area (Å²) in [5.41, 5.74) is 3.06. The Labute approximate surface area is 170 Å². The van der Waals surface area contributed by atoms with Gasteiger partial charge in [-0.25, -0.2) is 0 Å². The molecule has 6 nitrogen and oxygen atoms in total. The Morgan fingerprint density at radius 3 is 2.74 bits per heavy atom. The van der Waals surface area contributed by atoms with Crippen molar-refractivity contribution in [2.45, 2.75) is 38.9 Å². The molecule has 27 heavy (non-hydrogen) atoms. The molecule has 0 spiro atoms. The highest BCUT2D eigenvalue weighted by Gasteiger charge is 2.17. The highest BCUT2D eigenvalue weighted by atomic mass is 79.9. The van der Waals surface area contributed by atoms with Crippen LogP contribution in [0.1, 0.15) is 24.5 Å². The predicted octanol–water partition coefficient (Wildman–Crippen LogP) is 5.06. The summed E-state index contributed by atoms with van der Waals surface area (Å²) in [5.74, 6) is 1.51. The van der Waals surface area contributed by atoms with Crippen LogP contribution in [0.15, 0.2) is 44.6 Å². The molecule has 0 atom stereocenters. The minimum absolute atomic E-state index is 0.0692. The van der Waals surface area contributed by atoms with Gasteiger partial charge in [-0.1, -0.05) is 36.4 Å².